The fourth-order valence-electron chi connectivity index (χ4n) is 4.79. The lowest BCUT2D eigenvalue weighted by molar-refractivity contribution is -0.122. The Bertz CT molecular complexity index is 725. The number of aliphatic hydroxyl groups excluding tert-OH is 1. The third-order valence-electron chi connectivity index (χ3n) is 6.08. The number of fused-ring (bicyclic) bond motifs is 2. The Morgan fingerprint density at radius 3 is 2.46 bits per heavy atom. The van der Waals surface area contributed by atoms with Crippen LogP contribution in [0.15, 0.2) is 30.3 Å². The zero-order valence-corrected chi connectivity index (χ0v) is 17.5. The molecule has 0 aromatic heterocycles. The molecule has 2 aliphatic heterocycles. The Labute approximate surface area is 168 Å². The van der Waals surface area contributed by atoms with Crippen LogP contribution in [0.5, 0.6) is 0 Å². The molecular weight excluding hydrogens is 380 g/mol. The minimum atomic E-state index is -3.13. The molecule has 0 aliphatic carbocycles. The molecule has 2 N–H and O–H groups in total. The molecule has 3 atom stereocenters. The summed E-state index contributed by atoms with van der Waals surface area (Å²) in [7, 11) is 0.0476. The number of rotatable bonds is 8. The molecule has 0 unspecified atom stereocenters. The van der Waals surface area contributed by atoms with E-state index in [0.717, 1.165) is 25.8 Å². The van der Waals surface area contributed by atoms with E-state index < -0.39 is 10.0 Å². The predicted molar refractivity (Wildman–Crippen MR) is 109 cm³/mol. The van der Waals surface area contributed by atoms with Gasteiger partial charge in [0.25, 0.3) is 6.47 Å². The molecule has 2 bridgehead atoms. The van der Waals surface area contributed by atoms with Gasteiger partial charge in [-0.1, -0.05) is 30.3 Å². The summed E-state index contributed by atoms with van der Waals surface area (Å²) < 4.78 is 25.3. The Balaban J connectivity index is 0.000000878. The van der Waals surface area contributed by atoms with Crippen molar-refractivity contribution < 1.29 is 23.4 Å². The van der Waals surface area contributed by atoms with Gasteiger partial charge in [-0.05, 0) is 44.2 Å². The second kappa shape index (κ2) is 9.82. The standard InChI is InChI=1S/C19H30N2O3S.CH2O2/c1-20(2)25(23,24)12-6-11-21-17-9-10-18(21)19(14-17,15-22)13-16-7-4-3-5-8-16;2-1-3/h3-5,7-8,17-18,22H,6,9-15H2,1-2H3;1H,(H,2,3)/t17-,18+,19-;/m1./s1. The smallest absolute Gasteiger partial charge is 0.290 e. The van der Waals surface area contributed by atoms with Crippen molar-refractivity contribution in [1.82, 2.24) is 9.21 Å². The second-order valence-electron chi connectivity index (χ2n) is 7.93. The summed E-state index contributed by atoms with van der Waals surface area (Å²) in [5, 5.41) is 17.1. The predicted octanol–water partition coefficient (Wildman–Crippen LogP) is 1.43. The Hall–Kier alpha value is -1.48. The van der Waals surface area contributed by atoms with Gasteiger partial charge in [-0.2, -0.15) is 0 Å². The van der Waals surface area contributed by atoms with Gasteiger partial charge >= 0.3 is 0 Å². The van der Waals surface area contributed by atoms with E-state index in [0.29, 0.717) is 18.5 Å². The fraction of sp³-hybridized carbons (Fsp3) is 0.650. The number of hydrogen-bond acceptors (Lipinski definition) is 5. The van der Waals surface area contributed by atoms with Crippen LogP contribution in [-0.2, 0) is 21.2 Å². The first-order valence-electron chi connectivity index (χ1n) is 9.68. The Kier molecular flexibility index (Phi) is 8.00. The highest BCUT2D eigenvalue weighted by Crippen LogP contribution is 2.51. The maximum atomic E-state index is 12.0. The zero-order valence-electron chi connectivity index (χ0n) is 16.7. The molecular formula is C20H32N2O5S. The number of aliphatic hydroxyl groups is 1. The van der Waals surface area contributed by atoms with Gasteiger partial charge in [0.05, 0.1) is 12.4 Å². The van der Waals surface area contributed by atoms with E-state index in [1.807, 2.05) is 6.07 Å². The van der Waals surface area contributed by atoms with Crippen molar-refractivity contribution in [2.24, 2.45) is 5.41 Å². The van der Waals surface area contributed by atoms with Gasteiger partial charge in [-0.25, -0.2) is 12.7 Å². The number of carbonyl (C=O) groups is 1. The third kappa shape index (κ3) is 5.11. The summed E-state index contributed by atoms with van der Waals surface area (Å²) in [5.74, 6) is 0.195. The van der Waals surface area contributed by atoms with Crippen LogP contribution in [0, 0.1) is 5.41 Å². The lowest BCUT2D eigenvalue weighted by Gasteiger charge is -2.36. The summed E-state index contributed by atoms with van der Waals surface area (Å²) in [5.41, 5.74) is 1.20. The van der Waals surface area contributed by atoms with E-state index >= 15 is 0 Å². The molecule has 158 valence electrons. The van der Waals surface area contributed by atoms with Crippen molar-refractivity contribution in [3.05, 3.63) is 35.9 Å². The maximum absolute atomic E-state index is 12.0. The highest BCUT2D eigenvalue weighted by Gasteiger charge is 2.54. The van der Waals surface area contributed by atoms with Crippen LogP contribution < -0.4 is 0 Å². The molecule has 1 aromatic carbocycles. The van der Waals surface area contributed by atoms with Gasteiger partial charge in [-0.3, -0.25) is 9.69 Å². The number of sulfonamides is 1. The molecule has 3 rings (SSSR count). The van der Waals surface area contributed by atoms with Crippen LogP contribution in [0.4, 0.5) is 0 Å². The van der Waals surface area contributed by atoms with Crippen molar-refractivity contribution in [1.29, 1.82) is 0 Å². The minimum Gasteiger partial charge on any atom is -0.483 e. The first kappa shape index (κ1) is 22.8. The summed E-state index contributed by atoms with van der Waals surface area (Å²) in [6, 6.07) is 11.3. The lowest BCUT2D eigenvalue weighted by atomic mass is 9.70. The highest BCUT2D eigenvalue weighted by molar-refractivity contribution is 7.89. The SMILES string of the molecule is CN(C)S(=O)(=O)CCCN1[C@@H]2CC[C@H]1[C@](CO)(Cc1ccccc1)C2.O=CO. The fourth-order valence-corrected chi connectivity index (χ4v) is 5.65. The maximum Gasteiger partial charge on any atom is 0.290 e. The molecule has 2 saturated heterocycles. The molecule has 2 aliphatic rings. The summed E-state index contributed by atoms with van der Waals surface area (Å²) >= 11 is 0. The van der Waals surface area contributed by atoms with Crippen LogP contribution in [0.1, 0.15) is 31.2 Å². The van der Waals surface area contributed by atoms with E-state index in [1.54, 1.807) is 14.1 Å². The van der Waals surface area contributed by atoms with Crippen molar-refractivity contribution in [3.8, 4) is 0 Å². The molecule has 2 heterocycles. The van der Waals surface area contributed by atoms with Gasteiger partial charge in [0.15, 0.2) is 0 Å². The molecule has 0 amide bonds. The van der Waals surface area contributed by atoms with Crippen molar-refractivity contribution in [2.45, 2.75) is 44.2 Å². The van der Waals surface area contributed by atoms with Crippen LogP contribution in [-0.4, -0.2) is 79.4 Å². The minimum absolute atomic E-state index is 0.0787. The van der Waals surface area contributed by atoms with E-state index in [2.05, 4.69) is 29.2 Å². The van der Waals surface area contributed by atoms with Crippen LogP contribution in [0.3, 0.4) is 0 Å². The summed E-state index contributed by atoms with van der Waals surface area (Å²) in [6.45, 7) is 0.758. The average Bonchev–Trinajstić information content (AvgIpc) is 3.18. The molecule has 0 spiro atoms. The first-order chi connectivity index (χ1) is 13.3. The van der Waals surface area contributed by atoms with E-state index in [4.69, 9.17) is 9.90 Å². The molecule has 28 heavy (non-hydrogen) atoms. The van der Waals surface area contributed by atoms with Gasteiger partial charge in [-0.15, -0.1) is 0 Å². The quantitative estimate of drug-likeness (QED) is 0.627. The molecule has 0 saturated carbocycles. The number of nitrogens with zero attached hydrogens (tertiary/aromatic N) is 2. The van der Waals surface area contributed by atoms with Gasteiger partial charge in [0.1, 0.15) is 0 Å². The van der Waals surface area contributed by atoms with Crippen LogP contribution in [0.25, 0.3) is 0 Å². The summed E-state index contributed by atoms with van der Waals surface area (Å²) in [6.07, 6.45) is 4.85. The van der Waals surface area contributed by atoms with E-state index in [1.165, 1.54) is 16.3 Å². The number of carboxylic acid groups (broad SMARTS) is 1. The Morgan fingerprint density at radius 2 is 1.89 bits per heavy atom. The van der Waals surface area contributed by atoms with E-state index in [9.17, 15) is 13.5 Å². The van der Waals surface area contributed by atoms with Crippen molar-refractivity contribution in [3.63, 3.8) is 0 Å². The van der Waals surface area contributed by atoms with Gasteiger partial charge in [0.2, 0.25) is 10.0 Å². The van der Waals surface area contributed by atoms with Crippen molar-refractivity contribution >= 4 is 16.5 Å². The second-order valence-corrected chi connectivity index (χ2v) is 10.2. The number of benzene rings is 1. The van der Waals surface area contributed by atoms with Gasteiger partial charge < -0.3 is 10.2 Å². The zero-order chi connectivity index (χ0) is 20.8. The Morgan fingerprint density at radius 1 is 1.25 bits per heavy atom. The molecule has 1 aromatic rings. The first-order valence-corrected chi connectivity index (χ1v) is 11.3. The van der Waals surface area contributed by atoms with Crippen LogP contribution >= 0.6 is 0 Å². The van der Waals surface area contributed by atoms with Gasteiger partial charge in [0, 0.05) is 31.6 Å². The molecule has 0 radical (unpaired) electrons. The normalized spacial score (nSPS) is 26.9. The monoisotopic (exact) mass is 412 g/mol. The summed E-state index contributed by atoms with van der Waals surface area (Å²) in [4.78, 5) is 10.8. The topological polar surface area (TPSA) is 98.2 Å². The lowest BCUT2D eigenvalue weighted by Crippen LogP contribution is -2.42. The van der Waals surface area contributed by atoms with Crippen molar-refractivity contribution in [2.75, 3.05) is 33.0 Å². The van der Waals surface area contributed by atoms with E-state index in [-0.39, 0.29) is 24.2 Å². The molecule has 8 heteroatoms. The van der Waals surface area contributed by atoms with Crippen LogP contribution in [0.2, 0.25) is 0 Å². The largest absolute Gasteiger partial charge is 0.483 e. The third-order valence-corrected chi connectivity index (χ3v) is 8.00. The highest BCUT2D eigenvalue weighted by atomic mass is 32.2. The molecule has 2 fully saturated rings. The number of hydrogen-bond donors (Lipinski definition) is 2. The average molecular weight is 413 g/mol. The molecule has 7 nitrogen and oxygen atoms in total.